The molecule has 1 amide bonds. The zero-order valence-electron chi connectivity index (χ0n) is 16.7. The quantitative estimate of drug-likeness (QED) is 0.607. The molecular formula is C20H19F3N4O4. The zero-order valence-corrected chi connectivity index (χ0v) is 16.7. The molecule has 1 aliphatic rings. The fraction of sp³-hybridized carbons (Fsp3) is 0.350. The van der Waals surface area contributed by atoms with Gasteiger partial charge in [-0.2, -0.15) is 13.2 Å². The third kappa shape index (κ3) is 4.07. The maximum Gasteiger partial charge on any atom is 0.451 e. The van der Waals surface area contributed by atoms with Crippen LogP contribution in [0.15, 0.2) is 40.8 Å². The molecule has 1 unspecified atom stereocenters. The first-order valence-corrected chi connectivity index (χ1v) is 9.44. The number of methoxy groups -OCH3 is 1. The molecule has 1 aliphatic heterocycles. The van der Waals surface area contributed by atoms with Gasteiger partial charge in [-0.05, 0) is 43.3 Å². The number of nitrogens with zero attached hydrogens (tertiary/aromatic N) is 4. The van der Waals surface area contributed by atoms with E-state index in [1.165, 1.54) is 11.0 Å². The van der Waals surface area contributed by atoms with Crippen molar-refractivity contribution in [2.45, 2.75) is 32.3 Å². The number of amides is 1. The Morgan fingerprint density at radius 3 is 2.52 bits per heavy atom. The number of halogens is 3. The summed E-state index contributed by atoms with van der Waals surface area (Å²) in [5.74, 6) is 0.405. The monoisotopic (exact) mass is 436 g/mol. The van der Waals surface area contributed by atoms with Crippen LogP contribution < -0.4 is 9.47 Å². The topological polar surface area (TPSA) is 82.6 Å². The number of aromatic nitrogens is 3. The second-order valence-electron chi connectivity index (χ2n) is 6.94. The molecule has 3 heterocycles. The van der Waals surface area contributed by atoms with Crippen molar-refractivity contribution >= 4 is 5.91 Å². The summed E-state index contributed by atoms with van der Waals surface area (Å²) in [6.45, 7) is 1.74. The van der Waals surface area contributed by atoms with Crippen LogP contribution >= 0.6 is 0 Å². The molecule has 0 saturated carbocycles. The van der Waals surface area contributed by atoms with Crippen LogP contribution in [0.25, 0.3) is 0 Å². The molecular weight excluding hydrogens is 417 g/mol. The molecule has 0 radical (unpaired) electrons. The summed E-state index contributed by atoms with van der Waals surface area (Å²) in [5.41, 5.74) is 0. The second-order valence-corrected chi connectivity index (χ2v) is 6.94. The lowest BCUT2D eigenvalue weighted by Gasteiger charge is -2.33. The lowest BCUT2D eigenvalue weighted by molar-refractivity contribution is -0.148. The van der Waals surface area contributed by atoms with E-state index in [0.29, 0.717) is 17.3 Å². The lowest BCUT2D eigenvalue weighted by atomic mass is 10.2. The molecule has 0 spiro atoms. The van der Waals surface area contributed by atoms with E-state index in [4.69, 9.17) is 13.9 Å². The largest absolute Gasteiger partial charge is 0.497 e. The van der Waals surface area contributed by atoms with Gasteiger partial charge in [0.25, 0.3) is 5.91 Å². The Kier molecular flexibility index (Phi) is 5.34. The van der Waals surface area contributed by atoms with Crippen LogP contribution in [0, 0.1) is 0 Å². The number of ether oxygens (including phenoxy) is 2. The maximum atomic E-state index is 13.1. The smallest absolute Gasteiger partial charge is 0.451 e. The molecule has 2 aromatic heterocycles. The van der Waals surface area contributed by atoms with Gasteiger partial charge in [-0.15, -0.1) is 10.2 Å². The van der Waals surface area contributed by atoms with Crippen LogP contribution in [0.1, 0.15) is 40.9 Å². The van der Waals surface area contributed by atoms with E-state index in [9.17, 15) is 18.0 Å². The van der Waals surface area contributed by atoms with E-state index in [0.717, 1.165) is 4.57 Å². The summed E-state index contributed by atoms with van der Waals surface area (Å²) >= 11 is 0. The Labute approximate surface area is 175 Å². The number of hydrogen-bond donors (Lipinski definition) is 0. The average molecular weight is 436 g/mol. The van der Waals surface area contributed by atoms with Gasteiger partial charge in [0.1, 0.15) is 23.9 Å². The Balaban J connectivity index is 1.43. The van der Waals surface area contributed by atoms with E-state index in [1.807, 2.05) is 0 Å². The van der Waals surface area contributed by atoms with Crippen molar-refractivity contribution in [2.24, 2.45) is 0 Å². The van der Waals surface area contributed by atoms with E-state index in [1.54, 1.807) is 44.4 Å². The highest BCUT2D eigenvalue weighted by Gasteiger charge is 2.42. The van der Waals surface area contributed by atoms with Crippen molar-refractivity contribution in [1.29, 1.82) is 0 Å². The number of carbonyl (C=O) groups is 1. The Hall–Kier alpha value is -3.50. The molecule has 4 rings (SSSR count). The summed E-state index contributed by atoms with van der Waals surface area (Å²) in [4.78, 5) is 14.3. The summed E-state index contributed by atoms with van der Waals surface area (Å²) in [6.07, 6.45) is -4.60. The van der Waals surface area contributed by atoms with Gasteiger partial charge in [0.2, 0.25) is 5.82 Å². The number of alkyl halides is 3. The van der Waals surface area contributed by atoms with Crippen LogP contribution in [0.4, 0.5) is 13.2 Å². The van der Waals surface area contributed by atoms with E-state index in [2.05, 4.69) is 10.2 Å². The normalized spacial score (nSPS) is 16.2. The molecule has 0 bridgehead atoms. The molecule has 0 saturated heterocycles. The second kappa shape index (κ2) is 7.97. The van der Waals surface area contributed by atoms with Crippen molar-refractivity contribution < 1.29 is 31.9 Å². The van der Waals surface area contributed by atoms with Crippen molar-refractivity contribution in [3.05, 3.63) is 59.6 Å². The highest BCUT2D eigenvalue weighted by molar-refractivity contribution is 5.91. The number of carbonyl (C=O) groups excluding carboxylic acids is 1. The minimum atomic E-state index is -4.60. The maximum absolute atomic E-state index is 13.1. The minimum absolute atomic E-state index is 0.0542. The van der Waals surface area contributed by atoms with E-state index < -0.39 is 23.9 Å². The number of rotatable bonds is 5. The summed E-state index contributed by atoms with van der Waals surface area (Å²) in [5, 5.41) is 6.91. The predicted octanol–water partition coefficient (Wildman–Crippen LogP) is 3.69. The van der Waals surface area contributed by atoms with Gasteiger partial charge in [0.15, 0.2) is 11.6 Å². The molecule has 11 heteroatoms. The Morgan fingerprint density at radius 2 is 1.84 bits per heavy atom. The molecule has 0 N–H and O–H groups in total. The highest BCUT2D eigenvalue weighted by Crippen LogP contribution is 2.33. The van der Waals surface area contributed by atoms with Crippen LogP contribution in [0.5, 0.6) is 11.5 Å². The molecule has 8 nitrogen and oxygen atoms in total. The SMILES string of the molecule is COc1ccc(OCc2ccc(C(=O)N3CCn4c(nnc4C(F)(F)F)C3C)o2)cc1. The van der Waals surface area contributed by atoms with Crippen molar-refractivity contribution in [1.82, 2.24) is 19.7 Å². The van der Waals surface area contributed by atoms with Crippen molar-refractivity contribution in [2.75, 3.05) is 13.7 Å². The number of furan rings is 1. The first-order chi connectivity index (χ1) is 14.8. The van der Waals surface area contributed by atoms with Crippen LogP contribution in [-0.4, -0.2) is 39.2 Å². The fourth-order valence-electron chi connectivity index (χ4n) is 3.41. The van der Waals surface area contributed by atoms with Gasteiger partial charge < -0.3 is 23.4 Å². The molecule has 1 atom stereocenters. The number of benzene rings is 1. The molecule has 3 aromatic rings. The van der Waals surface area contributed by atoms with Gasteiger partial charge in [0.05, 0.1) is 13.2 Å². The molecule has 31 heavy (non-hydrogen) atoms. The van der Waals surface area contributed by atoms with Crippen molar-refractivity contribution in [3.8, 4) is 11.5 Å². The van der Waals surface area contributed by atoms with Gasteiger partial charge in [-0.25, -0.2) is 0 Å². The Morgan fingerprint density at radius 1 is 1.13 bits per heavy atom. The van der Waals surface area contributed by atoms with Crippen molar-refractivity contribution in [3.63, 3.8) is 0 Å². The summed E-state index contributed by atoms with van der Waals surface area (Å²) in [6, 6.07) is 9.45. The van der Waals surface area contributed by atoms with Crippen LogP contribution in [-0.2, 0) is 19.3 Å². The lowest BCUT2D eigenvalue weighted by Crippen LogP contribution is -2.41. The third-order valence-electron chi connectivity index (χ3n) is 5.01. The summed E-state index contributed by atoms with van der Waals surface area (Å²) < 4.78 is 56.5. The molecule has 164 valence electrons. The molecule has 1 aromatic carbocycles. The number of fused-ring (bicyclic) bond motifs is 1. The fourth-order valence-corrected chi connectivity index (χ4v) is 3.41. The summed E-state index contributed by atoms with van der Waals surface area (Å²) in [7, 11) is 1.57. The van der Waals surface area contributed by atoms with Gasteiger partial charge in [-0.1, -0.05) is 0 Å². The average Bonchev–Trinajstić information content (AvgIpc) is 3.40. The first kappa shape index (κ1) is 20.8. The number of hydrogen-bond acceptors (Lipinski definition) is 6. The Bertz CT molecular complexity index is 1080. The van der Waals surface area contributed by atoms with Crippen LogP contribution in [0.2, 0.25) is 0 Å². The van der Waals surface area contributed by atoms with E-state index >= 15 is 0 Å². The molecule has 0 fully saturated rings. The third-order valence-corrected chi connectivity index (χ3v) is 5.01. The standard InChI is InChI=1S/C20H19F3N4O4/c1-12-17-24-25-19(20(21,22)23)27(17)10-9-26(12)18(28)16-8-7-15(31-16)11-30-14-5-3-13(29-2)4-6-14/h3-8,12H,9-11H2,1-2H3. The van der Waals surface area contributed by atoms with Gasteiger partial charge in [-0.3, -0.25) is 4.79 Å². The predicted molar refractivity (Wildman–Crippen MR) is 101 cm³/mol. The van der Waals surface area contributed by atoms with Crippen LogP contribution in [0.3, 0.4) is 0 Å². The van der Waals surface area contributed by atoms with E-state index in [-0.39, 0.29) is 31.3 Å². The van der Waals surface area contributed by atoms with Gasteiger partial charge >= 0.3 is 6.18 Å². The van der Waals surface area contributed by atoms with Gasteiger partial charge in [0, 0.05) is 13.1 Å². The highest BCUT2D eigenvalue weighted by atomic mass is 19.4. The minimum Gasteiger partial charge on any atom is -0.497 e. The molecule has 0 aliphatic carbocycles. The first-order valence-electron chi connectivity index (χ1n) is 9.44. The zero-order chi connectivity index (χ0) is 22.2.